The Bertz CT molecular complexity index is 420. The van der Waals surface area contributed by atoms with Gasteiger partial charge < -0.3 is 15.5 Å². The van der Waals surface area contributed by atoms with Gasteiger partial charge in [-0.1, -0.05) is 0 Å². The van der Waals surface area contributed by atoms with Gasteiger partial charge in [-0.2, -0.15) is 0 Å². The Balaban J connectivity index is 2.60. The lowest BCUT2D eigenvalue weighted by Gasteiger charge is -2.06. The number of halogens is 2. The fourth-order valence-corrected chi connectivity index (χ4v) is 3.66. The third-order valence-corrected chi connectivity index (χ3v) is 3.98. The zero-order chi connectivity index (χ0) is 12.3. The molecule has 0 aliphatic carbocycles. The van der Waals surface area contributed by atoms with Gasteiger partial charge in [0.05, 0.1) is 19.7 Å². The fraction of sp³-hybridized carbons (Fsp3) is 0.250. The summed E-state index contributed by atoms with van der Waals surface area (Å²) in [6.45, 7) is -0.325. The van der Waals surface area contributed by atoms with Crippen molar-refractivity contribution in [1.29, 1.82) is 0 Å². The second-order valence-electron chi connectivity index (χ2n) is 2.80. The van der Waals surface area contributed by atoms with E-state index >= 15 is 0 Å². The fourth-order valence-electron chi connectivity index (χ4n) is 0.867. The van der Waals surface area contributed by atoms with E-state index in [2.05, 4.69) is 37.2 Å². The Hall–Kier alpha value is -0.440. The van der Waals surface area contributed by atoms with Crippen LogP contribution in [0.3, 0.4) is 0 Å². The van der Waals surface area contributed by atoms with Gasteiger partial charge in [0.2, 0.25) is 0 Å². The highest BCUT2D eigenvalue weighted by atomic mass is 79.9. The number of amides is 1. The smallest absolute Gasteiger partial charge is 0.334 e. The number of aliphatic hydroxyl groups is 1. The zero-order valence-corrected chi connectivity index (χ0v) is 11.7. The molecule has 0 radical (unpaired) electrons. The first-order valence-corrected chi connectivity index (χ1v) is 6.46. The molecule has 1 aromatic heterocycles. The van der Waals surface area contributed by atoms with E-state index in [0.29, 0.717) is 9.35 Å². The van der Waals surface area contributed by atoms with Crippen LogP contribution in [0.2, 0.25) is 0 Å². The molecule has 1 rings (SSSR count). The Labute approximate surface area is 112 Å². The Morgan fingerprint density at radius 2 is 2.12 bits per heavy atom. The largest absolute Gasteiger partial charge is 0.479 e. The van der Waals surface area contributed by atoms with Crippen molar-refractivity contribution in [2.75, 3.05) is 6.54 Å². The number of hydrogen-bond acceptors (Lipinski definition) is 4. The van der Waals surface area contributed by atoms with Crippen LogP contribution in [0.25, 0.3) is 0 Å². The Kier molecular flexibility index (Phi) is 4.90. The molecule has 3 N–H and O–H groups in total. The van der Waals surface area contributed by atoms with Crippen molar-refractivity contribution in [3.63, 3.8) is 0 Å². The highest BCUT2D eigenvalue weighted by Crippen LogP contribution is 2.31. The van der Waals surface area contributed by atoms with E-state index in [1.807, 2.05) is 0 Å². The average Bonchev–Trinajstić information content (AvgIpc) is 2.53. The monoisotopic (exact) mass is 371 g/mol. The minimum absolute atomic E-state index is 0.325. The van der Waals surface area contributed by atoms with Crippen molar-refractivity contribution in [2.24, 2.45) is 0 Å². The summed E-state index contributed by atoms with van der Waals surface area (Å²) >= 11 is 7.75. The second kappa shape index (κ2) is 5.76. The van der Waals surface area contributed by atoms with Gasteiger partial charge in [0.1, 0.15) is 0 Å². The summed E-state index contributed by atoms with van der Waals surface area (Å²) in [7, 11) is 0. The van der Waals surface area contributed by atoms with Gasteiger partial charge in [-0.25, -0.2) is 4.79 Å². The predicted octanol–water partition coefficient (Wildman–Crippen LogP) is 1.45. The topological polar surface area (TPSA) is 86.6 Å². The van der Waals surface area contributed by atoms with Crippen LogP contribution in [0.15, 0.2) is 13.6 Å². The lowest BCUT2D eigenvalue weighted by molar-refractivity contribution is -0.146. The van der Waals surface area contributed by atoms with Crippen LogP contribution in [0, 0.1) is 0 Å². The van der Waals surface area contributed by atoms with Crippen molar-refractivity contribution in [3.05, 3.63) is 19.2 Å². The number of nitrogens with one attached hydrogen (secondary N) is 1. The van der Waals surface area contributed by atoms with Crippen molar-refractivity contribution in [1.82, 2.24) is 5.32 Å². The maximum absolute atomic E-state index is 11.5. The average molecular weight is 373 g/mol. The summed E-state index contributed by atoms with van der Waals surface area (Å²) in [4.78, 5) is 21.8. The number of carbonyl (C=O) groups excluding carboxylic acids is 1. The van der Waals surface area contributed by atoms with Gasteiger partial charge in [0.25, 0.3) is 5.91 Å². The van der Waals surface area contributed by atoms with E-state index in [1.54, 1.807) is 6.07 Å². The molecule has 0 fully saturated rings. The molecule has 88 valence electrons. The zero-order valence-electron chi connectivity index (χ0n) is 7.74. The molecule has 1 atom stereocenters. The molecular formula is C8H7Br2NO4S. The lowest BCUT2D eigenvalue weighted by Crippen LogP contribution is -2.36. The maximum atomic E-state index is 11.5. The van der Waals surface area contributed by atoms with Crippen LogP contribution in [-0.4, -0.2) is 34.7 Å². The number of aliphatic hydroxyl groups excluding tert-OH is 1. The summed E-state index contributed by atoms with van der Waals surface area (Å²) in [6, 6.07) is 1.61. The van der Waals surface area contributed by atoms with Gasteiger partial charge in [-0.15, -0.1) is 11.3 Å². The molecule has 0 aliphatic heterocycles. The van der Waals surface area contributed by atoms with E-state index in [1.165, 1.54) is 11.3 Å². The summed E-state index contributed by atoms with van der Waals surface area (Å²) in [5.41, 5.74) is 0.398. The molecule has 16 heavy (non-hydrogen) atoms. The third kappa shape index (κ3) is 3.55. The highest BCUT2D eigenvalue weighted by molar-refractivity contribution is 9.12. The van der Waals surface area contributed by atoms with E-state index in [4.69, 9.17) is 10.2 Å². The molecule has 8 heteroatoms. The molecule has 0 saturated heterocycles. The minimum Gasteiger partial charge on any atom is -0.479 e. The van der Waals surface area contributed by atoms with Gasteiger partial charge in [-0.05, 0) is 37.9 Å². The summed E-state index contributed by atoms with van der Waals surface area (Å²) in [6.07, 6.45) is -1.59. The third-order valence-electron chi connectivity index (χ3n) is 1.64. The first-order valence-electron chi connectivity index (χ1n) is 4.05. The highest BCUT2D eigenvalue weighted by Gasteiger charge is 2.17. The summed E-state index contributed by atoms with van der Waals surface area (Å²) in [5.74, 6) is -1.81. The van der Waals surface area contributed by atoms with Gasteiger partial charge >= 0.3 is 5.97 Å². The molecule has 0 bridgehead atoms. The summed E-state index contributed by atoms with van der Waals surface area (Å²) < 4.78 is 1.42. The number of thiophene rings is 1. The molecule has 1 amide bonds. The molecule has 0 saturated carbocycles. The Morgan fingerprint density at radius 3 is 2.56 bits per heavy atom. The van der Waals surface area contributed by atoms with E-state index < -0.39 is 18.0 Å². The van der Waals surface area contributed by atoms with E-state index in [-0.39, 0.29) is 6.54 Å². The number of carbonyl (C=O) groups is 2. The van der Waals surface area contributed by atoms with Crippen molar-refractivity contribution >= 4 is 55.1 Å². The Morgan fingerprint density at radius 1 is 1.50 bits per heavy atom. The minimum atomic E-state index is -1.59. The number of carboxylic acid groups (broad SMARTS) is 1. The first kappa shape index (κ1) is 13.6. The molecule has 0 spiro atoms. The quantitative estimate of drug-likeness (QED) is 0.746. The van der Waals surface area contributed by atoms with Crippen LogP contribution in [-0.2, 0) is 4.79 Å². The molecule has 1 heterocycles. The standard InChI is InChI=1S/C8H7Br2NO4S/c9-5-1-3(6(10)16-5)7(13)11-2-4(12)8(14)15/h1,4,12H,2H2,(H,11,13)(H,14,15). The normalized spacial score (nSPS) is 12.2. The number of hydrogen-bond donors (Lipinski definition) is 3. The van der Waals surface area contributed by atoms with Crippen LogP contribution in [0.4, 0.5) is 0 Å². The van der Waals surface area contributed by atoms with E-state index in [0.717, 1.165) is 3.79 Å². The molecule has 0 aromatic carbocycles. The molecule has 1 unspecified atom stereocenters. The second-order valence-corrected chi connectivity index (χ2v) is 6.55. The molecule has 0 aliphatic rings. The van der Waals surface area contributed by atoms with Crippen molar-refractivity contribution in [3.8, 4) is 0 Å². The van der Waals surface area contributed by atoms with Gasteiger partial charge in [-0.3, -0.25) is 4.79 Å². The maximum Gasteiger partial charge on any atom is 0.334 e. The van der Waals surface area contributed by atoms with Crippen molar-refractivity contribution in [2.45, 2.75) is 6.10 Å². The molecule has 1 aromatic rings. The van der Waals surface area contributed by atoms with Crippen LogP contribution in [0.5, 0.6) is 0 Å². The molecule has 5 nitrogen and oxygen atoms in total. The lowest BCUT2D eigenvalue weighted by atomic mass is 10.3. The SMILES string of the molecule is O=C(NCC(O)C(=O)O)c1cc(Br)sc1Br. The van der Waals surface area contributed by atoms with Gasteiger partial charge in [0, 0.05) is 0 Å². The van der Waals surface area contributed by atoms with Crippen LogP contribution in [0.1, 0.15) is 10.4 Å². The van der Waals surface area contributed by atoms with Crippen LogP contribution < -0.4 is 5.32 Å². The molecular weight excluding hydrogens is 366 g/mol. The first-order chi connectivity index (χ1) is 7.41. The van der Waals surface area contributed by atoms with Crippen LogP contribution >= 0.6 is 43.2 Å². The summed E-state index contributed by atoms with van der Waals surface area (Å²) in [5, 5.41) is 19.7. The van der Waals surface area contributed by atoms with Gasteiger partial charge in [0.15, 0.2) is 6.10 Å². The predicted molar refractivity (Wildman–Crippen MR) is 65.7 cm³/mol. The number of rotatable bonds is 4. The number of aliphatic carboxylic acids is 1. The van der Waals surface area contributed by atoms with E-state index in [9.17, 15) is 9.59 Å². The van der Waals surface area contributed by atoms with Crippen molar-refractivity contribution < 1.29 is 19.8 Å². The number of carboxylic acids is 1.